The van der Waals surface area contributed by atoms with E-state index in [-0.39, 0.29) is 11.9 Å². The maximum Gasteiger partial charge on any atom is 0.251 e. The molecule has 0 saturated heterocycles. The maximum atomic E-state index is 12.5. The molecule has 1 aromatic carbocycles. The smallest absolute Gasteiger partial charge is 0.251 e. The zero-order valence-corrected chi connectivity index (χ0v) is 12.8. The Bertz CT molecular complexity index is 456. The van der Waals surface area contributed by atoms with Gasteiger partial charge in [-0.1, -0.05) is 37.5 Å². The Morgan fingerprint density at radius 2 is 2.05 bits per heavy atom. The largest absolute Gasteiger partial charge is 0.380 e. The van der Waals surface area contributed by atoms with Gasteiger partial charge in [-0.15, -0.1) is 0 Å². The molecule has 3 N–H and O–H groups in total. The molecule has 1 aliphatic carbocycles. The molecule has 116 valence electrons. The van der Waals surface area contributed by atoms with Crippen LogP contribution < -0.4 is 11.1 Å². The van der Waals surface area contributed by atoms with Crippen LogP contribution in [0.1, 0.15) is 48.0 Å². The minimum absolute atomic E-state index is 0.0383. The van der Waals surface area contributed by atoms with Gasteiger partial charge in [0.05, 0.1) is 6.61 Å². The third-order valence-corrected chi connectivity index (χ3v) is 4.35. The highest BCUT2D eigenvalue weighted by molar-refractivity contribution is 5.95. The van der Waals surface area contributed by atoms with Crippen LogP contribution in [-0.4, -0.2) is 25.6 Å². The Labute approximate surface area is 127 Å². The van der Waals surface area contributed by atoms with E-state index in [2.05, 4.69) is 5.32 Å². The Balaban J connectivity index is 2.05. The Morgan fingerprint density at radius 1 is 1.33 bits per heavy atom. The summed E-state index contributed by atoms with van der Waals surface area (Å²) in [6.45, 7) is 0.948. The molecule has 0 radical (unpaired) electrons. The average molecular weight is 290 g/mol. The summed E-state index contributed by atoms with van der Waals surface area (Å²) >= 11 is 0. The van der Waals surface area contributed by atoms with Crippen molar-refractivity contribution in [3.05, 3.63) is 35.4 Å². The van der Waals surface area contributed by atoms with Gasteiger partial charge < -0.3 is 15.8 Å². The van der Waals surface area contributed by atoms with Crippen molar-refractivity contribution in [2.45, 2.75) is 44.8 Å². The lowest BCUT2D eigenvalue weighted by Gasteiger charge is -2.30. The number of rotatable bonds is 6. The number of amides is 1. The fraction of sp³-hybridized carbons (Fsp3) is 0.588. The van der Waals surface area contributed by atoms with Crippen LogP contribution in [0.5, 0.6) is 0 Å². The minimum atomic E-state index is -0.0383. The van der Waals surface area contributed by atoms with Crippen molar-refractivity contribution in [3.8, 4) is 0 Å². The van der Waals surface area contributed by atoms with E-state index < -0.39 is 0 Å². The number of nitrogens with two attached hydrogens (primary N) is 1. The zero-order chi connectivity index (χ0) is 15.1. The molecule has 1 unspecified atom stereocenters. The lowest BCUT2D eigenvalue weighted by atomic mass is 9.83. The van der Waals surface area contributed by atoms with Crippen LogP contribution in [0.15, 0.2) is 24.3 Å². The standard InChI is InChI=1S/C17H26N2O2/c1-21-12-14-9-5-6-10-15(14)17(20)19-16(11-18)13-7-3-2-4-8-13/h5-6,9-10,13,16H,2-4,7-8,11-12,18H2,1H3,(H,19,20). The van der Waals surface area contributed by atoms with Crippen LogP contribution in [0, 0.1) is 5.92 Å². The first-order valence-corrected chi connectivity index (χ1v) is 7.84. The fourth-order valence-electron chi connectivity index (χ4n) is 3.18. The van der Waals surface area contributed by atoms with Crippen LogP contribution in [0.4, 0.5) is 0 Å². The highest BCUT2D eigenvalue weighted by Gasteiger charge is 2.24. The molecule has 21 heavy (non-hydrogen) atoms. The summed E-state index contributed by atoms with van der Waals surface area (Å²) in [6.07, 6.45) is 6.14. The van der Waals surface area contributed by atoms with Gasteiger partial charge in [0, 0.05) is 25.3 Å². The Morgan fingerprint density at radius 3 is 2.71 bits per heavy atom. The van der Waals surface area contributed by atoms with E-state index >= 15 is 0 Å². The molecule has 1 fully saturated rings. The number of hydrogen-bond acceptors (Lipinski definition) is 3. The molecule has 1 aliphatic rings. The van der Waals surface area contributed by atoms with Gasteiger partial charge in [0.15, 0.2) is 0 Å². The monoisotopic (exact) mass is 290 g/mol. The van der Waals surface area contributed by atoms with E-state index in [1.807, 2.05) is 24.3 Å². The quantitative estimate of drug-likeness (QED) is 0.846. The lowest BCUT2D eigenvalue weighted by molar-refractivity contribution is 0.0910. The third kappa shape index (κ3) is 4.29. The van der Waals surface area contributed by atoms with E-state index in [4.69, 9.17) is 10.5 Å². The zero-order valence-electron chi connectivity index (χ0n) is 12.8. The maximum absolute atomic E-state index is 12.5. The topological polar surface area (TPSA) is 64.3 Å². The molecule has 0 heterocycles. The van der Waals surface area contributed by atoms with Gasteiger partial charge in [-0.3, -0.25) is 4.79 Å². The molecule has 1 saturated carbocycles. The molecule has 0 aliphatic heterocycles. The number of nitrogens with one attached hydrogen (secondary N) is 1. The van der Waals surface area contributed by atoms with Gasteiger partial charge in [0.1, 0.15) is 0 Å². The minimum Gasteiger partial charge on any atom is -0.380 e. The van der Waals surface area contributed by atoms with Gasteiger partial charge in [0.25, 0.3) is 5.91 Å². The number of carbonyl (C=O) groups is 1. The Hall–Kier alpha value is -1.39. The summed E-state index contributed by atoms with van der Waals surface area (Å²) in [7, 11) is 1.64. The predicted octanol–water partition coefficient (Wildman–Crippen LogP) is 2.47. The second-order valence-electron chi connectivity index (χ2n) is 5.80. The van der Waals surface area contributed by atoms with Gasteiger partial charge in [0.2, 0.25) is 0 Å². The van der Waals surface area contributed by atoms with Gasteiger partial charge >= 0.3 is 0 Å². The second kappa shape index (κ2) is 8.15. The van der Waals surface area contributed by atoms with Crippen LogP contribution >= 0.6 is 0 Å². The molecule has 4 nitrogen and oxygen atoms in total. The predicted molar refractivity (Wildman–Crippen MR) is 84.0 cm³/mol. The molecule has 0 spiro atoms. The summed E-state index contributed by atoms with van der Waals surface area (Å²) < 4.78 is 5.16. The van der Waals surface area contributed by atoms with Crippen LogP contribution in [-0.2, 0) is 11.3 Å². The molecule has 4 heteroatoms. The molecule has 1 atom stereocenters. The van der Waals surface area contributed by atoms with Crippen molar-refractivity contribution >= 4 is 5.91 Å². The SMILES string of the molecule is COCc1ccccc1C(=O)NC(CN)C1CCCCC1. The van der Waals surface area contributed by atoms with Crippen molar-refractivity contribution in [2.75, 3.05) is 13.7 Å². The van der Waals surface area contributed by atoms with E-state index in [9.17, 15) is 4.79 Å². The van der Waals surface area contributed by atoms with Crippen LogP contribution in [0.3, 0.4) is 0 Å². The molecule has 0 bridgehead atoms. The van der Waals surface area contributed by atoms with E-state index in [0.717, 1.165) is 5.56 Å². The first-order chi connectivity index (χ1) is 10.3. The first kappa shape index (κ1) is 16.0. The summed E-state index contributed by atoms with van der Waals surface area (Å²) in [5.41, 5.74) is 7.49. The molecular weight excluding hydrogens is 264 g/mol. The van der Waals surface area contributed by atoms with Crippen molar-refractivity contribution in [3.63, 3.8) is 0 Å². The fourth-order valence-corrected chi connectivity index (χ4v) is 3.18. The average Bonchev–Trinajstić information content (AvgIpc) is 2.54. The van der Waals surface area contributed by atoms with E-state index in [1.54, 1.807) is 7.11 Å². The highest BCUT2D eigenvalue weighted by atomic mass is 16.5. The third-order valence-electron chi connectivity index (χ3n) is 4.35. The Kier molecular flexibility index (Phi) is 6.21. The van der Waals surface area contributed by atoms with Crippen LogP contribution in [0.2, 0.25) is 0 Å². The van der Waals surface area contributed by atoms with Crippen molar-refractivity contribution in [1.29, 1.82) is 0 Å². The normalized spacial score (nSPS) is 17.4. The highest BCUT2D eigenvalue weighted by Crippen LogP contribution is 2.26. The lowest BCUT2D eigenvalue weighted by Crippen LogP contribution is -2.46. The number of carbonyl (C=O) groups excluding carboxylic acids is 1. The van der Waals surface area contributed by atoms with E-state index in [1.165, 1.54) is 32.1 Å². The summed E-state index contributed by atoms with van der Waals surface area (Å²) in [6, 6.07) is 7.65. The summed E-state index contributed by atoms with van der Waals surface area (Å²) in [5.74, 6) is 0.478. The second-order valence-corrected chi connectivity index (χ2v) is 5.80. The van der Waals surface area contributed by atoms with Gasteiger partial charge in [-0.2, -0.15) is 0 Å². The first-order valence-electron chi connectivity index (χ1n) is 7.84. The number of benzene rings is 1. The molecule has 2 rings (SSSR count). The summed E-state index contributed by atoms with van der Waals surface area (Å²) in [5, 5.41) is 3.13. The van der Waals surface area contributed by atoms with Crippen molar-refractivity contribution < 1.29 is 9.53 Å². The molecule has 1 aromatic rings. The van der Waals surface area contributed by atoms with E-state index in [0.29, 0.717) is 24.6 Å². The molecule has 1 amide bonds. The molecule has 0 aromatic heterocycles. The number of methoxy groups -OCH3 is 1. The molecular formula is C17H26N2O2. The van der Waals surface area contributed by atoms with Crippen LogP contribution in [0.25, 0.3) is 0 Å². The number of ether oxygens (including phenoxy) is 1. The van der Waals surface area contributed by atoms with Gasteiger partial charge in [-0.25, -0.2) is 0 Å². The number of hydrogen-bond donors (Lipinski definition) is 2. The van der Waals surface area contributed by atoms with Gasteiger partial charge in [-0.05, 0) is 30.4 Å². The van der Waals surface area contributed by atoms with Crippen molar-refractivity contribution in [2.24, 2.45) is 11.7 Å². The summed E-state index contributed by atoms with van der Waals surface area (Å²) in [4.78, 5) is 12.5. The van der Waals surface area contributed by atoms with Crippen molar-refractivity contribution in [1.82, 2.24) is 5.32 Å².